The molecule has 4 aromatic carbocycles. The van der Waals surface area contributed by atoms with Crippen LogP contribution in [0.1, 0.15) is 19.3 Å². The van der Waals surface area contributed by atoms with Crippen LogP contribution in [0.3, 0.4) is 0 Å². The fourth-order valence-corrected chi connectivity index (χ4v) is 3.63. The molecule has 4 rings (SSSR count). The van der Waals surface area contributed by atoms with Crippen LogP contribution in [0.2, 0.25) is 5.02 Å². The Balaban J connectivity index is 1.10. The molecule has 40 heavy (non-hydrogen) atoms. The number of carbonyl (C=O) groups excluding carboxylic acids is 3. The van der Waals surface area contributed by atoms with E-state index in [1.807, 2.05) is 30.3 Å². The molecule has 0 heterocycles. The van der Waals surface area contributed by atoms with E-state index in [0.717, 1.165) is 0 Å². The molecule has 0 aliphatic carbocycles. The van der Waals surface area contributed by atoms with E-state index in [9.17, 15) is 14.4 Å². The van der Waals surface area contributed by atoms with Gasteiger partial charge in [0.25, 0.3) is 5.91 Å². The molecular formula is C31H27ClN2O6. The van der Waals surface area contributed by atoms with Gasteiger partial charge in [-0.25, -0.2) is 0 Å². The molecular weight excluding hydrogens is 532 g/mol. The number of carbonyl (C=O) groups is 3. The number of nitrogens with one attached hydrogen (secondary N) is 2. The monoisotopic (exact) mass is 558 g/mol. The fourth-order valence-electron chi connectivity index (χ4n) is 3.51. The van der Waals surface area contributed by atoms with Crippen molar-refractivity contribution in [3.63, 3.8) is 0 Å². The van der Waals surface area contributed by atoms with Crippen LogP contribution in [0.15, 0.2) is 103 Å². The molecule has 0 aliphatic heterocycles. The Kier molecular flexibility index (Phi) is 10.1. The van der Waals surface area contributed by atoms with Gasteiger partial charge in [0.05, 0.1) is 0 Å². The number of ether oxygens (including phenoxy) is 3. The van der Waals surface area contributed by atoms with E-state index >= 15 is 0 Å². The Morgan fingerprint density at radius 1 is 0.575 bits per heavy atom. The molecule has 0 unspecified atom stereocenters. The van der Waals surface area contributed by atoms with E-state index in [1.54, 1.807) is 72.8 Å². The molecule has 8 nitrogen and oxygen atoms in total. The van der Waals surface area contributed by atoms with E-state index in [0.29, 0.717) is 39.4 Å². The van der Waals surface area contributed by atoms with Crippen LogP contribution in [0.4, 0.5) is 11.4 Å². The third kappa shape index (κ3) is 9.49. The predicted octanol–water partition coefficient (Wildman–Crippen LogP) is 7.22. The number of amides is 2. The van der Waals surface area contributed by atoms with E-state index in [1.165, 1.54) is 0 Å². The molecule has 204 valence electrons. The highest BCUT2D eigenvalue weighted by molar-refractivity contribution is 6.30. The highest BCUT2D eigenvalue weighted by Crippen LogP contribution is 2.25. The van der Waals surface area contributed by atoms with Crippen molar-refractivity contribution in [1.82, 2.24) is 0 Å². The molecule has 2 amide bonds. The molecule has 0 saturated heterocycles. The number of rotatable bonds is 12. The van der Waals surface area contributed by atoms with Gasteiger partial charge in [-0.1, -0.05) is 29.8 Å². The highest BCUT2D eigenvalue weighted by Gasteiger charge is 2.10. The van der Waals surface area contributed by atoms with Crippen molar-refractivity contribution in [2.45, 2.75) is 19.3 Å². The lowest BCUT2D eigenvalue weighted by atomic mass is 10.2. The summed E-state index contributed by atoms with van der Waals surface area (Å²) in [6.07, 6.45) is 0.425. The maximum atomic E-state index is 12.2. The first-order valence-corrected chi connectivity index (χ1v) is 12.9. The zero-order valence-corrected chi connectivity index (χ0v) is 22.2. The van der Waals surface area contributed by atoms with Gasteiger partial charge in [-0.2, -0.15) is 0 Å². The van der Waals surface area contributed by atoms with Crippen molar-refractivity contribution in [3.05, 3.63) is 108 Å². The van der Waals surface area contributed by atoms with Crippen LogP contribution in [-0.4, -0.2) is 24.4 Å². The molecule has 0 saturated carbocycles. The Morgan fingerprint density at radius 2 is 1.05 bits per heavy atom. The Labute approximate surface area is 236 Å². The van der Waals surface area contributed by atoms with Crippen molar-refractivity contribution in [2.24, 2.45) is 0 Å². The molecule has 9 heteroatoms. The number of halogens is 1. The van der Waals surface area contributed by atoms with E-state index in [4.69, 9.17) is 25.8 Å². The number of benzene rings is 4. The van der Waals surface area contributed by atoms with Crippen molar-refractivity contribution in [1.29, 1.82) is 0 Å². The van der Waals surface area contributed by atoms with Crippen molar-refractivity contribution >= 4 is 40.8 Å². The van der Waals surface area contributed by atoms with Crippen molar-refractivity contribution in [2.75, 3.05) is 17.2 Å². The van der Waals surface area contributed by atoms with Crippen LogP contribution in [0, 0.1) is 0 Å². The number of anilines is 2. The first kappa shape index (κ1) is 28.2. The molecule has 4 aromatic rings. The van der Waals surface area contributed by atoms with E-state index in [2.05, 4.69) is 10.6 Å². The normalized spacial score (nSPS) is 10.3. The minimum atomic E-state index is -0.557. The predicted molar refractivity (Wildman–Crippen MR) is 153 cm³/mol. The maximum absolute atomic E-state index is 12.2. The van der Waals surface area contributed by atoms with Gasteiger partial charge in [-0.3, -0.25) is 14.4 Å². The molecule has 0 atom stereocenters. The highest BCUT2D eigenvalue weighted by atomic mass is 35.5. The van der Waals surface area contributed by atoms with Gasteiger partial charge in [-0.05, 0) is 91.3 Å². The third-order valence-corrected chi connectivity index (χ3v) is 5.71. The number of hydrogen-bond acceptors (Lipinski definition) is 6. The standard InChI is InChI=1S/C31H27ClN2O6/c32-22-9-15-26(16-10-22)40-28-17-11-23(12-18-28)33-29(35)7-4-8-31(37)38-21-30(36)34-24-13-19-27(20-14-24)39-25-5-2-1-3-6-25/h1-3,5-6,9-20H,4,7-8,21H2,(H,33,35)(H,34,36). The minimum Gasteiger partial charge on any atom is -0.457 e. The lowest BCUT2D eigenvalue weighted by Crippen LogP contribution is -2.21. The molecule has 0 aliphatic rings. The molecule has 0 fully saturated rings. The summed E-state index contributed by atoms with van der Waals surface area (Å²) in [4.78, 5) is 36.3. The summed E-state index contributed by atoms with van der Waals surface area (Å²) in [5.41, 5.74) is 1.15. The molecule has 0 radical (unpaired) electrons. The van der Waals surface area contributed by atoms with Crippen molar-refractivity contribution < 1.29 is 28.6 Å². The Bertz CT molecular complexity index is 1410. The first-order valence-electron chi connectivity index (χ1n) is 12.5. The lowest BCUT2D eigenvalue weighted by molar-refractivity contribution is -0.147. The average molecular weight is 559 g/mol. The van der Waals surface area contributed by atoms with Gasteiger partial charge < -0.3 is 24.8 Å². The zero-order chi connectivity index (χ0) is 28.2. The summed E-state index contributed by atoms with van der Waals surface area (Å²) in [7, 11) is 0. The molecule has 2 N–H and O–H groups in total. The second-order valence-corrected chi connectivity index (χ2v) is 9.07. The summed E-state index contributed by atoms with van der Waals surface area (Å²) in [6, 6.07) is 30.1. The number of hydrogen-bond donors (Lipinski definition) is 2. The summed E-state index contributed by atoms with van der Waals surface area (Å²) in [6.45, 7) is -0.419. The van der Waals surface area contributed by atoms with Crippen LogP contribution >= 0.6 is 11.6 Å². The third-order valence-electron chi connectivity index (χ3n) is 5.45. The van der Waals surface area contributed by atoms with Gasteiger partial charge in [0.15, 0.2) is 6.61 Å². The lowest BCUT2D eigenvalue weighted by Gasteiger charge is -2.09. The molecule has 0 aromatic heterocycles. The molecule has 0 bridgehead atoms. The van der Waals surface area contributed by atoms with Crippen LogP contribution in [-0.2, 0) is 19.1 Å². The summed E-state index contributed by atoms with van der Waals surface area (Å²) < 4.78 is 16.5. The molecule has 0 spiro atoms. The van der Waals surface area contributed by atoms with Gasteiger partial charge >= 0.3 is 5.97 Å². The largest absolute Gasteiger partial charge is 0.457 e. The summed E-state index contributed by atoms with van der Waals surface area (Å²) >= 11 is 5.87. The topological polar surface area (TPSA) is 103 Å². The number of esters is 1. The van der Waals surface area contributed by atoms with Crippen LogP contribution in [0.25, 0.3) is 0 Å². The van der Waals surface area contributed by atoms with Crippen molar-refractivity contribution in [3.8, 4) is 23.0 Å². The number of para-hydroxylation sites is 1. The van der Waals surface area contributed by atoms with Gasteiger partial charge in [0, 0.05) is 29.2 Å². The Hall–Kier alpha value is -4.82. The van der Waals surface area contributed by atoms with E-state index in [-0.39, 0.29) is 25.2 Å². The smallest absolute Gasteiger partial charge is 0.306 e. The Morgan fingerprint density at radius 3 is 1.60 bits per heavy atom. The van der Waals surface area contributed by atoms with Gasteiger partial charge in [0.1, 0.15) is 23.0 Å². The van der Waals surface area contributed by atoms with E-state index < -0.39 is 18.5 Å². The summed E-state index contributed by atoms with van der Waals surface area (Å²) in [5, 5.41) is 6.05. The maximum Gasteiger partial charge on any atom is 0.306 e. The fraction of sp³-hybridized carbons (Fsp3) is 0.129. The van der Waals surface area contributed by atoms with Gasteiger partial charge in [-0.15, -0.1) is 0 Å². The second kappa shape index (κ2) is 14.4. The SMILES string of the molecule is O=C(CCCC(=O)OCC(=O)Nc1ccc(Oc2ccccc2)cc1)Nc1ccc(Oc2ccc(Cl)cc2)cc1. The van der Waals surface area contributed by atoms with Crippen LogP contribution < -0.4 is 20.1 Å². The second-order valence-electron chi connectivity index (χ2n) is 8.63. The minimum absolute atomic E-state index is 0.0140. The quantitative estimate of drug-likeness (QED) is 0.178. The van der Waals surface area contributed by atoms with Crippen LogP contribution in [0.5, 0.6) is 23.0 Å². The summed E-state index contributed by atoms with van der Waals surface area (Å²) in [5.74, 6) is 1.33. The van der Waals surface area contributed by atoms with Gasteiger partial charge in [0.2, 0.25) is 5.91 Å². The first-order chi connectivity index (χ1) is 19.4. The zero-order valence-electron chi connectivity index (χ0n) is 21.5. The average Bonchev–Trinajstić information content (AvgIpc) is 2.96.